The number of hydrogen-bond acceptors (Lipinski definition) is 4. The highest BCUT2D eigenvalue weighted by atomic mass is 16.7. The Morgan fingerprint density at radius 2 is 2.06 bits per heavy atom. The summed E-state index contributed by atoms with van der Waals surface area (Å²) < 4.78 is 11.2. The Hall–Kier alpha value is -0.940. The fourth-order valence-corrected chi connectivity index (χ4v) is 1.74. The molecule has 2 rings (SSSR count). The van der Waals surface area contributed by atoms with E-state index in [1.807, 2.05) is 30.3 Å². The molecule has 1 heterocycles. The maximum atomic E-state index is 5.81. The van der Waals surface area contributed by atoms with Crippen LogP contribution in [0.25, 0.3) is 0 Å². The third kappa shape index (κ3) is 2.80. The number of piperazine rings is 1. The lowest BCUT2D eigenvalue weighted by atomic mass is 10.2. The summed E-state index contributed by atoms with van der Waals surface area (Å²) >= 11 is 0. The third-order valence-corrected chi connectivity index (χ3v) is 2.70. The van der Waals surface area contributed by atoms with Gasteiger partial charge in [-0.3, -0.25) is 5.32 Å². The highest BCUT2D eigenvalue weighted by Gasteiger charge is 2.32. The van der Waals surface area contributed by atoms with Crippen LogP contribution in [0.5, 0.6) is 0 Å². The van der Waals surface area contributed by atoms with E-state index in [1.165, 1.54) is 0 Å². The van der Waals surface area contributed by atoms with E-state index in [4.69, 9.17) is 9.47 Å². The number of nitrogens with one attached hydrogen (secondary N) is 2. The molecule has 1 aliphatic rings. The SMILES string of the molecule is COC1(OCc2ccccc2)CNCCN1. The maximum absolute atomic E-state index is 5.81. The Labute approximate surface area is 95.9 Å². The molecule has 4 nitrogen and oxygen atoms in total. The van der Waals surface area contributed by atoms with Crippen LogP contribution >= 0.6 is 0 Å². The van der Waals surface area contributed by atoms with E-state index in [2.05, 4.69) is 10.6 Å². The molecule has 0 amide bonds. The van der Waals surface area contributed by atoms with Gasteiger partial charge < -0.3 is 14.8 Å². The lowest BCUT2D eigenvalue weighted by molar-refractivity contribution is -0.251. The van der Waals surface area contributed by atoms with E-state index in [1.54, 1.807) is 7.11 Å². The topological polar surface area (TPSA) is 42.5 Å². The van der Waals surface area contributed by atoms with Gasteiger partial charge in [0.25, 0.3) is 0 Å². The van der Waals surface area contributed by atoms with Gasteiger partial charge in [0.15, 0.2) is 0 Å². The first kappa shape index (κ1) is 11.5. The molecular formula is C12H18N2O2. The number of rotatable bonds is 4. The molecule has 0 aliphatic carbocycles. The second-order valence-corrected chi connectivity index (χ2v) is 3.83. The summed E-state index contributed by atoms with van der Waals surface area (Å²) in [5.41, 5.74) is 1.14. The molecule has 0 spiro atoms. The van der Waals surface area contributed by atoms with Gasteiger partial charge in [-0.2, -0.15) is 0 Å². The fourth-order valence-electron chi connectivity index (χ4n) is 1.74. The molecule has 1 atom stereocenters. The molecule has 1 aromatic carbocycles. The molecule has 16 heavy (non-hydrogen) atoms. The number of methoxy groups -OCH3 is 1. The van der Waals surface area contributed by atoms with Gasteiger partial charge in [0.05, 0.1) is 13.2 Å². The molecule has 1 fully saturated rings. The molecule has 4 heteroatoms. The van der Waals surface area contributed by atoms with Crippen LogP contribution in [0.15, 0.2) is 30.3 Å². The summed E-state index contributed by atoms with van der Waals surface area (Å²) in [5.74, 6) is -0.686. The quantitative estimate of drug-likeness (QED) is 0.736. The molecule has 2 N–H and O–H groups in total. The molecule has 1 aromatic rings. The molecule has 1 saturated heterocycles. The van der Waals surface area contributed by atoms with Crippen LogP contribution in [0.3, 0.4) is 0 Å². The van der Waals surface area contributed by atoms with E-state index in [0.717, 1.165) is 18.7 Å². The van der Waals surface area contributed by atoms with Gasteiger partial charge in [-0.25, -0.2) is 0 Å². The minimum absolute atomic E-state index is 0.545. The fraction of sp³-hybridized carbons (Fsp3) is 0.500. The van der Waals surface area contributed by atoms with Crippen LogP contribution in [0.1, 0.15) is 5.56 Å². The highest BCUT2D eigenvalue weighted by molar-refractivity contribution is 5.13. The Balaban J connectivity index is 1.92. The first-order chi connectivity index (χ1) is 7.85. The predicted molar refractivity (Wildman–Crippen MR) is 61.8 cm³/mol. The molecule has 1 unspecified atom stereocenters. The van der Waals surface area contributed by atoms with Crippen molar-refractivity contribution in [3.8, 4) is 0 Å². The Bertz CT molecular complexity index is 310. The largest absolute Gasteiger partial charge is 0.340 e. The zero-order valence-corrected chi connectivity index (χ0v) is 9.53. The number of ether oxygens (including phenoxy) is 2. The van der Waals surface area contributed by atoms with Crippen molar-refractivity contribution in [3.05, 3.63) is 35.9 Å². The van der Waals surface area contributed by atoms with Crippen LogP contribution in [-0.4, -0.2) is 32.7 Å². The van der Waals surface area contributed by atoms with Crippen LogP contribution in [0.4, 0.5) is 0 Å². The van der Waals surface area contributed by atoms with E-state index in [-0.39, 0.29) is 0 Å². The van der Waals surface area contributed by atoms with Crippen LogP contribution in [0.2, 0.25) is 0 Å². The zero-order chi connectivity index (χ0) is 11.3. The smallest absolute Gasteiger partial charge is 0.240 e. The van der Waals surface area contributed by atoms with E-state index in [9.17, 15) is 0 Å². The number of benzene rings is 1. The summed E-state index contributed by atoms with van der Waals surface area (Å²) in [6.07, 6.45) is 0. The molecule has 0 aromatic heterocycles. The van der Waals surface area contributed by atoms with Crippen molar-refractivity contribution in [2.24, 2.45) is 0 Å². The van der Waals surface area contributed by atoms with Gasteiger partial charge in [0.2, 0.25) is 5.91 Å². The standard InChI is InChI=1S/C12H18N2O2/c1-15-12(10-13-7-8-14-12)16-9-11-5-3-2-4-6-11/h2-6,13-14H,7-10H2,1H3. The molecule has 88 valence electrons. The lowest BCUT2D eigenvalue weighted by Gasteiger charge is -2.36. The average molecular weight is 222 g/mol. The summed E-state index contributed by atoms with van der Waals surface area (Å²) in [7, 11) is 1.66. The third-order valence-electron chi connectivity index (χ3n) is 2.70. The molecular weight excluding hydrogens is 204 g/mol. The van der Waals surface area contributed by atoms with E-state index >= 15 is 0 Å². The van der Waals surface area contributed by atoms with Crippen LogP contribution in [-0.2, 0) is 16.1 Å². The van der Waals surface area contributed by atoms with Gasteiger partial charge in [0.1, 0.15) is 0 Å². The Morgan fingerprint density at radius 1 is 1.25 bits per heavy atom. The molecule has 0 bridgehead atoms. The lowest BCUT2D eigenvalue weighted by Crippen LogP contribution is -2.61. The second kappa shape index (κ2) is 5.41. The normalized spacial score (nSPS) is 25.6. The monoisotopic (exact) mass is 222 g/mol. The van der Waals surface area contributed by atoms with Gasteiger partial charge in [0, 0.05) is 20.2 Å². The first-order valence-corrected chi connectivity index (χ1v) is 5.53. The molecule has 1 aliphatic heterocycles. The van der Waals surface area contributed by atoms with Crippen molar-refractivity contribution in [2.45, 2.75) is 12.5 Å². The maximum Gasteiger partial charge on any atom is 0.240 e. The summed E-state index contributed by atoms with van der Waals surface area (Å²) in [4.78, 5) is 0. The van der Waals surface area contributed by atoms with Crippen LogP contribution in [0, 0.1) is 0 Å². The van der Waals surface area contributed by atoms with Crippen molar-refractivity contribution < 1.29 is 9.47 Å². The first-order valence-electron chi connectivity index (χ1n) is 5.53. The summed E-state index contributed by atoms with van der Waals surface area (Å²) in [5, 5.41) is 6.50. The van der Waals surface area contributed by atoms with Gasteiger partial charge in [-0.15, -0.1) is 0 Å². The average Bonchev–Trinajstić information content (AvgIpc) is 2.39. The minimum Gasteiger partial charge on any atom is -0.340 e. The van der Waals surface area contributed by atoms with Gasteiger partial charge >= 0.3 is 0 Å². The van der Waals surface area contributed by atoms with E-state index in [0.29, 0.717) is 13.2 Å². The second-order valence-electron chi connectivity index (χ2n) is 3.83. The van der Waals surface area contributed by atoms with Crippen molar-refractivity contribution in [2.75, 3.05) is 26.7 Å². The van der Waals surface area contributed by atoms with Gasteiger partial charge in [-0.05, 0) is 5.56 Å². The molecule has 0 saturated carbocycles. The molecule has 0 radical (unpaired) electrons. The van der Waals surface area contributed by atoms with Crippen molar-refractivity contribution in [1.82, 2.24) is 10.6 Å². The predicted octanol–water partition coefficient (Wildman–Crippen LogP) is 0.696. The van der Waals surface area contributed by atoms with E-state index < -0.39 is 5.91 Å². The summed E-state index contributed by atoms with van der Waals surface area (Å²) in [6, 6.07) is 10.1. The van der Waals surface area contributed by atoms with Crippen LogP contribution < -0.4 is 10.6 Å². The van der Waals surface area contributed by atoms with Crippen molar-refractivity contribution >= 4 is 0 Å². The Kier molecular flexibility index (Phi) is 3.90. The Morgan fingerprint density at radius 3 is 2.69 bits per heavy atom. The van der Waals surface area contributed by atoms with Crippen molar-refractivity contribution in [1.29, 1.82) is 0 Å². The number of hydrogen-bond donors (Lipinski definition) is 2. The summed E-state index contributed by atoms with van der Waals surface area (Å²) in [6.45, 7) is 3.00. The zero-order valence-electron chi connectivity index (χ0n) is 9.53. The minimum atomic E-state index is -0.686. The van der Waals surface area contributed by atoms with Crippen molar-refractivity contribution in [3.63, 3.8) is 0 Å². The highest BCUT2D eigenvalue weighted by Crippen LogP contribution is 2.13. The van der Waals surface area contributed by atoms with Gasteiger partial charge in [-0.1, -0.05) is 30.3 Å².